The molecule has 0 radical (unpaired) electrons. The molecule has 2 aromatic heterocycles. The molecule has 2 atom stereocenters. The van der Waals surface area contributed by atoms with Gasteiger partial charge in [0, 0.05) is 0 Å². The molecule has 0 saturated heterocycles. The zero-order valence-corrected chi connectivity index (χ0v) is 25.2. The maximum absolute atomic E-state index is 11.7. The molecule has 2 aromatic carbocycles. The third-order valence-electron chi connectivity index (χ3n) is 6.13. The zero-order valence-electron chi connectivity index (χ0n) is 25.2. The van der Waals surface area contributed by atoms with E-state index in [4.69, 9.17) is 46.7 Å². The van der Waals surface area contributed by atoms with Crippen molar-refractivity contribution >= 4 is 21.9 Å². The summed E-state index contributed by atoms with van der Waals surface area (Å²) in [6.07, 6.45) is -2.53. The minimum Gasteiger partial charge on any atom is -0.462 e. The van der Waals surface area contributed by atoms with Crippen LogP contribution in [-0.4, -0.2) is 102 Å². The largest absolute Gasteiger partial charge is 0.462 e. The molecule has 4 aromatic rings. The number of hydrogen-bond donors (Lipinski definition) is 2. The highest BCUT2D eigenvalue weighted by Gasteiger charge is 2.13. The SMILES string of the molecule is O=c1cc(OC(O)COCCOCCOCCOCCOCCOCC(O)Oc2cc(=O)oc3ccccc23)c2ccccc2o1. The fraction of sp³-hybridized carbons (Fsp3) is 0.438. The van der Waals surface area contributed by atoms with Crippen LogP contribution in [0.3, 0.4) is 0 Å². The van der Waals surface area contributed by atoms with E-state index in [0.29, 0.717) is 74.8 Å². The van der Waals surface area contributed by atoms with Crippen LogP contribution >= 0.6 is 0 Å². The van der Waals surface area contributed by atoms with E-state index in [1.54, 1.807) is 48.5 Å². The van der Waals surface area contributed by atoms with E-state index >= 15 is 0 Å². The van der Waals surface area contributed by atoms with Crippen LogP contribution in [0, 0.1) is 0 Å². The lowest BCUT2D eigenvalue weighted by atomic mass is 10.2. The third-order valence-corrected chi connectivity index (χ3v) is 6.13. The molecule has 46 heavy (non-hydrogen) atoms. The van der Waals surface area contributed by atoms with E-state index in [2.05, 4.69) is 0 Å². The van der Waals surface area contributed by atoms with E-state index in [0.717, 1.165) is 0 Å². The highest BCUT2D eigenvalue weighted by atomic mass is 16.6. The molecular weight excluding hydrogens is 608 g/mol. The van der Waals surface area contributed by atoms with Crippen LogP contribution in [0.1, 0.15) is 0 Å². The molecule has 0 aliphatic heterocycles. The number of para-hydroxylation sites is 2. The van der Waals surface area contributed by atoms with Gasteiger partial charge in [-0.2, -0.15) is 0 Å². The lowest BCUT2D eigenvalue weighted by molar-refractivity contribution is -0.0866. The van der Waals surface area contributed by atoms with Crippen LogP contribution in [0.5, 0.6) is 11.5 Å². The average Bonchev–Trinajstić information content (AvgIpc) is 3.04. The second-order valence-corrected chi connectivity index (χ2v) is 9.60. The summed E-state index contributed by atoms with van der Waals surface area (Å²) in [5.74, 6) is 0.435. The average molecular weight is 647 g/mol. The fourth-order valence-corrected chi connectivity index (χ4v) is 4.09. The Bertz CT molecular complexity index is 1450. The first-order valence-corrected chi connectivity index (χ1v) is 14.7. The predicted octanol–water partition coefficient (Wildman–Crippen LogP) is 2.09. The Morgan fingerprint density at radius 2 is 0.826 bits per heavy atom. The Balaban J connectivity index is 0.903. The number of aliphatic hydroxyl groups excluding tert-OH is 2. The van der Waals surface area contributed by atoms with Gasteiger partial charge >= 0.3 is 11.3 Å². The number of ether oxygens (including phenoxy) is 8. The van der Waals surface area contributed by atoms with Crippen LogP contribution in [-0.2, 0) is 28.4 Å². The molecule has 14 nitrogen and oxygen atoms in total. The highest BCUT2D eigenvalue weighted by Crippen LogP contribution is 2.25. The molecule has 0 saturated carbocycles. The first kappa shape index (κ1) is 35.0. The van der Waals surface area contributed by atoms with Crippen molar-refractivity contribution in [3.05, 3.63) is 81.5 Å². The fourth-order valence-electron chi connectivity index (χ4n) is 4.09. The van der Waals surface area contributed by atoms with Crippen molar-refractivity contribution in [2.75, 3.05) is 79.3 Å². The Hall–Kier alpha value is -3.86. The van der Waals surface area contributed by atoms with Crippen LogP contribution in [0.4, 0.5) is 0 Å². The van der Waals surface area contributed by atoms with Gasteiger partial charge in [0.15, 0.2) is 0 Å². The van der Waals surface area contributed by atoms with E-state index in [9.17, 15) is 19.8 Å². The molecular formula is C32H38O14. The van der Waals surface area contributed by atoms with Gasteiger partial charge in [0.1, 0.15) is 35.9 Å². The Kier molecular flexibility index (Phi) is 14.9. The summed E-state index contributed by atoms with van der Waals surface area (Å²) < 4.78 is 53.5. The maximum Gasteiger partial charge on any atom is 0.339 e. The number of fused-ring (bicyclic) bond motifs is 2. The summed E-state index contributed by atoms with van der Waals surface area (Å²) >= 11 is 0. The van der Waals surface area contributed by atoms with E-state index in [-0.39, 0.29) is 37.9 Å². The topological polar surface area (TPSA) is 175 Å². The van der Waals surface area contributed by atoms with Crippen molar-refractivity contribution in [3.63, 3.8) is 0 Å². The Labute approximate surface area is 263 Å². The molecule has 0 spiro atoms. The first-order valence-electron chi connectivity index (χ1n) is 14.7. The lowest BCUT2D eigenvalue weighted by Crippen LogP contribution is -2.24. The molecule has 0 bridgehead atoms. The number of rotatable bonds is 23. The number of hydrogen-bond acceptors (Lipinski definition) is 14. The van der Waals surface area contributed by atoms with Crippen molar-refractivity contribution in [3.8, 4) is 11.5 Å². The van der Waals surface area contributed by atoms with E-state index in [1.165, 1.54) is 12.1 Å². The van der Waals surface area contributed by atoms with Crippen LogP contribution in [0.25, 0.3) is 21.9 Å². The first-order chi connectivity index (χ1) is 22.5. The summed E-state index contributed by atoms with van der Waals surface area (Å²) in [4.78, 5) is 23.4. The quantitative estimate of drug-likeness (QED) is 0.0681. The predicted molar refractivity (Wildman–Crippen MR) is 163 cm³/mol. The molecule has 0 fully saturated rings. The van der Waals surface area contributed by atoms with Gasteiger partial charge in [0.2, 0.25) is 12.6 Å². The smallest absolute Gasteiger partial charge is 0.339 e. The van der Waals surface area contributed by atoms with Gasteiger partial charge in [-0.1, -0.05) is 24.3 Å². The lowest BCUT2D eigenvalue weighted by Gasteiger charge is -2.15. The van der Waals surface area contributed by atoms with Gasteiger partial charge in [-0.15, -0.1) is 0 Å². The van der Waals surface area contributed by atoms with Crippen molar-refractivity contribution in [1.82, 2.24) is 0 Å². The molecule has 250 valence electrons. The Morgan fingerprint density at radius 1 is 0.500 bits per heavy atom. The number of benzene rings is 2. The van der Waals surface area contributed by atoms with Gasteiger partial charge in [-0.3, -0.25) is 0 Å². The number of aliphatic hydroxyl groups is 2. The highest BCUT2D eigenvalue weighted by molar-refractivity contribution is 5.83. The van der Waals surface area contributed by atoms with Crippen LogP contribution < -0.4 is 20.7 Å². The molecule has 0 aliphatic carbocycles. The van der Waals surface area contributed by atoms with Crippen molar-refractivity contribution in [2.24, 2.45) is 0 Å². The molecule has 2 heterocycles. The molecule has 0 amide bonds. The van der Waals surface area contributed by atoms with Gasteiger partial charge in [-0.05, 0) is 24.3 Å². The maximum atomic E-state index is 11.7. The van der Waals surface area contributed by atoms with Crippen LogP contribution in [0.2, 0.25) is 0 Å². The summed E-state index contributed by atoms with van der Waals surface area (Å²) in [5, 5.41) is 21.3. The van der Waals surface area contributed by atoms with Crippen LogP contribution in [0.15, 0.2) is 79.1 Å². The summed E-state index contributed by atoms with van der Waals surface area (Å²) in [7, 11) is 0. The van der Waals surface area contributed by atoms with Gasteiger partial charge in [0.25, 0.3) is 0 Å². The standard InChI is InChI=1S/C32H38O14/c33-29-19-27(23-5-1-3-7-25(23)43-29)45-31(35)21-41-17-15-39-13-11-37-9-10-38-12-14-40-16-18-42-22-32(36)46-28-20-30(34)44-26-8-4-2-6-24(26)28/h1-8,19-20,31-32,35-36H,9-18,21-22H2. The summed E-state index contributed by atoms with van der Waals surface area (Å²) in [6, 6.07) is 16.1. The van der Waals surface area contributed by atoms with Crippen molar-refractivity contribution in [1.29, 1.82) is 0 Å². The minimum absolute atomic E-state index is 0.102. The van der Waals surface area contributed by atoms with Gasteiger partial charge < -0.3 is 56.9 Å². The van der Waals surface area contributed by atoms with E-state index < -0.39 is 23.8 Å². The zero-order chi connectivity index (χ0) is 32.4. The summed E-state index contributed by atoms with van der Waals surface area (Å²) in [5.41, 5.74) is -0.412. The third kappa shape index (κ3) is 12.2. The summed E-state index contributed by atoms with van der Waals surface area (Å²) in [6.45, 7) is 3.20. The Morgan fingerprint density at radius 3 is 1.20 bits per heavy atom. The monoisotopic (exact) mass is 646 g/mol. The molecule has 0 aliphatic rings. The molecule has 14 heteroatoms. The second kappa shape index (κ2) is 19.6. The van der Waals surface area contributed by atoms with Crippen molar-refractivity contribution < 1.29 is 56.9 Å². The molecule has 2 N–H and O–H groups in total. The normalized spacial score (nSPS) is 12.8. The van der Waals surface area contributed by atoms with Crippen molar-refractivity contribution in [2.45, 2.75) is 12.6 Å². The second-order valence-electron chi connectivity index (χ2n) is 9.60. The minimum atomic E-state index is -1.26. The molecule has 4 rings (SSSR count). The molecule has 2 unspecified atom stereocenters. The van der Waals surface area contributed by atoms with Gasteiger partial charge in [-0.25, -0.2) is 9.59 Å². The van der Waals surface area contributed by atoms with Gasteiger partial charge in [0.05, 0.1) is 89.0 Å². The van der Waals surface area contributed by atoms with E-state index in [1.807, 2.05) is 0 Å².